The molecule has 0 radical (unpaired) electrons. The zero-order chi connectivity index (χ0) is 11.1. The van der Waals surface area contributed by atoms with Crippen LogP contribution >= 0.6 is 22.0 Å². The van der Waals surface area contributed by atoms with E-state index in [1.165, 1.54) is 13.8 Å². The SMILES string of the molecule is C[C@H](NSSN[C@@H](C)C(=O)O)C(=O)O. The van der Waals surface area contributed by atoms with Gasteiger partial charge in [-0.2, -0.15) is 0 Å². The molecule has 0 aliphatic carbocycles. The Kier molecular flexibility index (Phi) is 6.71. The molecular formula is C6H12N2O4S2. The second kappa shape index (κ2) is 6.93. The van der Waals surface area contributed by atoms with Crippen LogP contribution in [0.2, 0.25) is 0 Å². The first-order valence-corrected chi connectivity index (χ1v) is 5.89. The number of carbonyl (C=O) groups is 2. The summed E-state index contributed by atoms with van der Waals surface area (Å²) in [7, 11) is 2.09. The number of carboxylic acids is 2. The summed E-state index contributed by atoms with van der Waals surface area (Å²) in [5.41, 5.74) is 0. The summed E-state index contributed by atoms with van der Waals surface area (Å²) in [5.74, 6) is -1.91. The minimum atomic E-state index is -0.954. The molecule has 0 fully saturated rings. The van der Waals surface area contributed by atoms with E-state index in [9.17, 15) is 9.59 Å². The van der Waals surface area contributed by atoms with E-state index in [1.54, 1.807) is 0 Å². The van der Waals surface area contributed by atoms with Crippen LogP contribution in [0.5, 0.6) is 0 Å². The zero-order valence-electron chi connectivity index (χ0n) is 7.68. The zero-order valence-corrected chi connectivity index (χ0v) is 9.32. The van der Waals surface area contributed by atoms with E-state index in [4.69, 9.17) is 10.2 Å². The van der Waals surface area contributed by atoms with Crippen molar-refractivity contribution in [1.82, 2.24) is 9.44 Å². The lowest BCUT2D eigenvalue weighted by atomic mass is 10.4. The monoisotopic (exact) mass is 240 g/mol. The molecular weight excluding hydrogens is 228 g/mol. The highest BCUT2D eigenvalue weighted by Crippen LogP contribution is 2.14. The van der Waals surface area contributed by atoms with Crippen molar-refractivity contribution in [3.05, 3.63) is 0 Å². The number of carboxylic acid groups (broad SMARTS) is 2. The van der Waals surface area contributed by atoms with E-state index in [1.807, 2.05) is 0 Å². The first-order valence-electron chi connectivity index (χ1n) is 3.74. The quantitative estimate of drug-likeness (QED) is 0.287. The van der Waals surface area contributed by atoms with Crippen LogP contribution in [0, 0.1) is 0 Å². The maximum absolute atomic E-state index is 10.3. The van der Waals surface area contributed by atoms with E-state index in [0.29, 0.717) is 0 Å². The maximum atomic E-state index is 10.3. The Morgan fingerprint density at radius 3 is 1.50 bits per heavy atom. The lowest BCUT2D eigenvalue weighted by molar-refractivity contribution is -0.139. The summed E-state index contributed by atoms with van der Waals surface area (Å²) in [6.45, 7) is 2.99. The van der Waals surface area contributed by atoms with Crippen LogP contribution in [0.3, 0.4) is 0 Å². The Hall–Kier alpha value is -0.440. The van der Waals surface area contributed by atoms with E-state index in [2.05, 4.69) is 9.44 Å². The second-order valence-corrected chi connectivity index (χ2v) is 4.33. The van der Waals surface area contributed by atoms with E-state index in [0.717, 1.165) is 22.0 Å². The van der Waals surface area contributed by atoms with Crippen LogP contribution in [0.1, 0.15) is 13.8 Å². The number of rotatable bonds is 7. The Balaban J connectivity index is 3.47. The molecule has 6 nitrogen and oxygen atoms in total. The van der Waals surface area contributed by atoms with E-state index < -0.39 is 24.0 Å². The summed E-state index contributed by atoms with van der Waals surface area (Å²) in [4.78, 5) is 20.7. The van der Waals surface area contributed by atoms with Gasteiger partial charge < -0.3 is 10.2 Å². The predicted octanol–water partition coefficient (Wildman–Crippen LogP) is 0.323. The molecule has 82 valence electrons. The maximum Gasteiger partial charge on any atom is 0.321 e. The minimum absolute atomic E-state index is 0.672. The molecule has 0 unspecified atom stereocenters. The molecule has 8 heteroatoms. The summed E-state index contributed by atoms with van der Waals surface area (Å²) < 4.78 is 5.20. The van der Waals surface area contributed by atoms with Gasteiger partial charge in [-0.05, 0) is 13.8 Å². The Bertz CT molecular complexity index is 192. The molecule has 0 heterocycles. The highest BCUT2D eigenvalue weighted by Gasteiger charge is 2.12. The summed E-state index contributed by atoms with van der Waals surface area (Å²) in [6.07, 6.45) is 0. The first kappa shape index (κ1) is 13.6. The molecule has 0 bridgehead atoms. The van der Waals surface area contributed by atoms with Gasteiger partial charge in [0.25, 0.3) is 0 Å². The van der Waals surface area contributed by atoms with Crippen molar-refractivity contribution in [2.24, 2.45) is 0 Å². The minimum Gasteiger partial charge on any atom is -0.480 e. The fourth-order valence-electron chi connectivity index (χ4n) is 0.293. The molecule has 0 saturated carbocycles. The van der Waals surface area contributed by atoms with Gasteiger partial charge in [0.05, 0.1) is 0 Å². The fraction of sp³-hybridized carbons (Fsp3) is 0.667. The summed E-state index contributed by atoms with van der Waals surface area (Å²) in [6, 6.07) is -1.34. The first-order chi connectivity index (χ1) is 6.45. The third-order valence-electron chi connectivity index (χ3n) is 1.23. The number of aliphatic carboxylic acids is 2. The predicted molar refractivity (Wildman–Crippen MR) is 55.6 cm³/mol. The second-order valence-electron chi connectivity index (χ2n) is 2.52. The molecule has 0 aliphatic heterocycles. The highest BCUT2D eigenvalue weighted by molar-refractivity contribution is 8.75. The van der Waals surface area contributed by atoms with Crippen LogP contribution in [-0.4, -0.2) is 34.2 Å². The summed E-state index contributed by atoms with van der Waals surface area (Å²) in [5, 5.41) is 17.0. The fourth-order valence-corrected chi connectivity index (χ4v) is 2.03. The van der Waals surface area contributed by atoms with Gasteiger partial charge >= 0.3 is 11.9 Å². The van der Waals surface area contributed by atoms with Gasteiger partial charge in [-0.15, -0.1) is 0 Å². The van der Waals surface area contributed by atoms with Crippen molar-refractivity contribution in [3.63, 3.8) is 0 Å². The molecule has 0 aromatic heterocycles. The molecule has 2 atom stereocenters. The Morgan fingerprint density at radius 2 is 1.29 bits per heavy atom. The van der Waals surface area contributed by atoms with Crippen LogP contribution in [0.4, 0.5) is 0 Å². The number of hydrogen-bond acceptors (Lipinski definition) is 6. The molecule has 0 amide bonds. The van der Waals surface area contributed by atoms with Crippen LogP contribution in [0.25, 0.3) is 0 Å². The van der Waals surface area contributed by atoms with Crippen LogP contribution in [-0.2, 0) is 9.59 Å². The normalized spacial score (nSPS) is 14.7. The Morgan fingerprint density at radius 1 is 1.00 bits per heavy atom. The van der Waals surface area contributed by atoms with Crippen LogP contribution < -0.4 is 9.44 Å². The largest absolute Gasteiger partial charge is 0.480 e. The van der Waals surface area contributed by atoms with Crippen molar-refractivity contribution in [2.75, 3.05) is 0 Å². The topological polar surface area (TPSA) is 98.7 Å². The van der Waals surface area contributed by atoms with Crippen molar-refractivity contribution in [2.45, 2.75) is 25.9 Å². The van der Waals surface area contributed by atoms with E-state index in [-0.39, 0.29) is 0 Å². The standard InChI is InChI=1S/C6H12N2O4S2/c1-3(5(9)10)7-13-14-8-4(2)6(11)12/h3-4,7-8H,1-2H3,(H,9,10)(H,11,12)/t3-,4-/m0/s1. The van der Waals surface area contributed by atoms with Crippen LogP contribution in [0.15, 0.2) is 0 Å². The highest BCUT2D eigenvalue weighted by atomic mass is 33.1. The van der Waals surface area contributed by atoms with Gasteiger partial charge in [0, 0.05) is 22.0 Å². The van der Waals surface area contributed by atoms with Gasteiger partial charge in [0.15, 0.2) is 0 Å². The molecule has 14 heavy (non-hydrogen) atoms. The van der Waals surface area contributed by atoms with Gasteiger partial charge in [-0.1, -0.05) is 0 Å². The molecule has 4 N–H and O–H groups in total. The number of hydrogen-bond donors (Lipinski definition) is 4. The van der Waals surface area contributed by atoms with Crippen molar-refractivity contribution >= 4 is 33.9 Å². The van der Waals surface area contributed by atoms with Crippen molar-refractivity contribution < 1.29 is 19.8 Å². The third kappa shape index (κ3) is 6.08. The lowest BCUT2D eigenvalue weighted by Gasteiger charge is -2.09. The van der Waals surface area contributed by atoms with Crippen molar-refractivity contribution in [1.29, 1.82) is 0 Å². The van der Waals surface area contributed by atoms with Gasteiger partial charge in [-0.25, -0.2) is 9.44 Å². The Labute approximate surface area is 89.5 Å². The number of nitrogens with one attached hydrogen (secondary N) is 2. The molecule has 0 spiro atoms. The van der Waals surface area contributed by atoms with Gasteiger partial charge in [0.1, 0.15) is 12.1 Å². The van der Waals surface area contributed by atoms with E-state index >= 15 is 0 Å². The lowest BCUT2D eigenvalue weighted by Crippen LogP contribution is -2.30. The third-order valence-corrected chi connectivity index (χ3v) is 3.04. The molecule has 0 aromatic carbocycles. The van der Waals surface area contributed by atoms with Gasteiger partial charge in [-0.3, -0.25) is 9.59 Å². The molecule has 0 rings (SSSR count). The van der Waals surface area contributed by atoms with Gasteiger partial charge in [0.2, 0.25) is 0 Å². The average Bonchev–Trinajstić information content (AvgIpc) is 2.11. The molecule has 0 aromatic rings. The smallest absolute Gasteiger partial charge is 0.321 e. The molecule has 0 aliphatic rings. The molecule has 0 saturated heterocycles. The average molecular weight is 240 g/mol. The van der Waals surface area contributed by atoms with Crippen molar-refractivity contribution in [3.8, 4) is 0 Å². The summed E-state index contributed by atoms with van der Waals surface area (Å²) >= 11 is 0.